The second-order valence-electron chi connectivity index (χ2n) is 12.8. The first-order valence-electron chi connectivity index (χ1n) is 13.4. The van der Waals surface area contributed by atoms with E-state index >= 15 is 0 Å². The van der Waals surface area contributed by atoms with Crippen LogP contribution in [0.15, 0.2) is 17.5 Å². The molecule has 3 heterocycles. The maximum atomic E-state index is 14.8. The second kappa shape index (κ2) is 12.8. The molecule has 3 aromatic rings. The lowest BCUT2D eigenvalue weighted by atomic mass is 10.1. The van der Waals surface area contributed by atoms with Crippen LogP contribution in [0.3, 0.4) is 0 Å². The molecule has 0 aliphatic heterocycles. The first-order chi connectivity index (χ1) is 18.8. The standard InChI is InChI=1S/C29H40FN3O4S3Si/c1-18(30)21(31-26(34)36-28(2,3)4)16-22-20(13-15-41(8,9)10)23-24(39-22)25(40-32-23)33(17-19-12-11-14-38-19)27(35)37-29(5,6)7/h11-12,14,18,21H,16-17H2,1-10H3,(H,31,34)/t18-,21+/m0/s1. The smallest absolute Gasteiger partial charge is 0.415 e. The largest absolute Gasteiger partial charge is 0.444 e. The van der Waals surface area contributed by atoms with E-state index in [1.807, 2.05) is 38.3 Å². The number of nitrogens with zero attached hydrogens (tertiary/aromatic N) is 2. The van der Waals surface area contributed by atoms with E-state index in [0.717, 1.165) is 14.5 Å². The number of hydrogen-bond donors (Lipinski definition) is 1. The van der Waals surface area contributed by atoms with E-state index in [2.05, 4.69) is 36.4 Å². The first kappa shape index (κ1) is 33.0. The lowest BCUT2D eigenvalue weighted by Gasteiger charge is -2.26. The Bertz CT molecular complexity index is 1420. The van der Waals surface area contributed by atoms with Crippen LogP contribution in [0.1, 0.15) is 63.8 Å². The van der Waals surface area contributed by atoms with E-state index < -0.39 is 43.7 Å². The molecular weight excluding hydrogens is 598 g/mol. The van der Waals surface area contributed by atoms with Crippen molar-refractivity contribution in [1.82, 2.24) is 9.69 Å². The third kappa shape index (κ3) is 9.80. The number of amides is 2. The minimum Gasteiger partial charge on any atom is -0.444 e. The summed E-state index contributed by atoms with van der Waals surface area (Å²) in [5.41, 5.74) is 3.42. The minimum absolute atomic E-state index is 0.203. The molecule has 0 saturated heterocycles. The number of rotatable bonds is 7. The van der Waals surface area contributed by atoms with Crippen LogP contribution in [0.4, 0.5) is 19.0 Å². The van der Waals surface area contributed by atoms with Gasteiger partial charge in [0, 0.05) is 16.2 Å². The summed E-state index contributed by atoms with van der Waals surface area (Å²) < 4.78 is 31.5. The van der Waals surface area contributed by atoms with Gasteiger partial charge in [-0.2, -0.15) is 4.37 Å². The van der Waals surface area contributed by atoms with Crippen molar-refractivity contribution in [3.05, 3.63) is 32.8 Å². The molecule has 3 rings (SSSR count). The molecule has 2 amide bonds. The van der Waals surface area contributed by atoms with Gasteiger partial charge < -0.3 is 14.8 Å². The van der Waals surface area contributed by atoms with Crippen molar-refractivity contribution in [1.29, 1.82) is 0 Å². The summed E-state index contributed by atoms with van der Waals surface area (Å²) in [5.74, 6) is 3.34. The van der Waals surface area contributed by atoms with Crippen LogP contribution in [0.2, 0.25) is 19.6 Å². The second-order valence-corrected chi connectivity index (χ2v) is 20.5. The Labute approximate surface area is 255 Å². The van der Waals surface area contributed by atoms with Crippen LogP contribution in [-0.4, -0.2) is 48.0 Å². The highest BCUT2D eigenvalue weighted by molar-refractivity contribution is 7.25. The number of alkyl halides is 1. The fraction of sp³-hybridized carbons (Fsp3) is 0.552. The molecular formula is C29H40FN3O4S3Si. The summed E-state index contributed by atoms with van der Waals surface area (Å²) in [4.78, 5) is 29.4. The van der Waals surface area contributed by atoms with E-state index in [1.54, 1.807) is 37.0 Å². The summed E-state index contributed by atoms with van der Waals surface area (Å²) in [6.07, 6.45) is -2.28. The molecule has 0 radical (unpaired) electrons. The van der Waals surface area contributed by atoms with Crippen molar-refractivity contribution in [3.63, 3.8) is 0 Å². The molecule has 0 saturated carbocycles. The number of halogens is 1. The molecule has 0 aliphatic rings. The average Bonchev–Trinajstić information content (AvgIpc) is 3.50. The average molecular weight is 638 g/mol. The normalized spacial score (nSPS) is 13.7. The molecule has 2 atom stereocenters. The Hall–Kier alpha value is -2.46. The molecule has 0 aliphatic carbocycles. The van der Waals surface area contributed by atoms with Gasteiger partial charge in [-0.3, -0.25) is 4.90 Å². The number of ether oxygens (including phenoxy) is 2. The summed E-state index contributed by atoms with van der Waals surface area (Å²) in [6, 6.07) is 3.08. The predicted octanol–water partition coefficient (Wildman–Crippen LogP) is 8.38. The van der Waals surface area contributed by atoms with Crippen LogP contribution in [0, 0.1) is 11.5 Å². The van der Waals surface area contributed by atoms with Crippen LogP contribution in [0.5, 0.6) is 0 Å². The highest BCUT2D eigenvalue weighted by atomic mass is 32.1. The number of aromatic nitrogens is 1. The number of hydrogen-bond acceptors (Lipinski definition) is 8. The Morgan fingerprint density at radius 2 is 1.80 bits per heavy atom. The molecule has 12 heteroatoms. The Morgan fingerprint density at radius 1 is 1.15 bits per heavy atom. The summed E-state index contributed by atoms with van der Waals surface area (Å²) >= 11 is 4.20. The van der Waals surface area contributed by atoms with Gasteiger partial charge in [-0.15, -0.1) is 28.2 Å². The number of alkyl carbamates (subject to hydrolysis) is 1. The molecule has 0 unspecified atom stereocenters. The quantitative estimate of drug-likeness (QED) is 0.208. The van der Waals surface area contributed by atoms with Crippen LogP contribution < -0.4 is 10.2 Å². The van der Waals surface area contributed by atoms with E-state index in [9.17, 15) is 14.0 Å². The third-order valence-electron chi connectivity index (χ3n) is 5.35. The van der Waals surface area contributed by atoms with Gasteiger partial charge in [0.2, 0.25) is 0 Å². The molecule has 0 bridgehead atoms. The fourth-order valence-electron chi connectivity index (χ4n) is 3.61. The molecule has 0 aromatic carbocycles. The minimum atomic E-state index is -1.77. The van der Waals surface area contributed by atoms with Gasteiger partial charge in [-0.1, -0.05) is 31.6 Å². The molecule has 1 N–H and O–H groups in total. The van der Waals surface area contributed by atoms with Crippen molar-refractivity contribution >= 4 is 69.7 Å². The van der Waals surface area contributed by atoms with Crippen molar-refractivity contribution in [3.8, 4) is 11.5 Å². The van der Waals surface area contributed by atoms with E-state index in [4.69, 9.17) is 13.8 Å². The van der Waals surface area contributed by atoms with Crippen LogP contribution >= 0.6 is 34.2 Å². The number of carbonyl (C=O) groups is 2. The van der Waals surface area contributed by atoms with Gasteiger partial charge in [-0.05, 0) is 71.4 Å². The summed E-state index contributed by atoms with van der Waals surface area (Å²) in [6.45, 7) is 19.0. The Kier molecular flexibility index (Phi) is 10.3. The van der Waals surface area contributed by atoms with Gasteiger partial charge in [0.05, 0.1) is 22.8 Å². The van der Waals surface area contributed by atoms with Crippen molar-refractivity contribution < 1.29 is 23.5 Å². The van der Waals surface area contributed by atoms with Gasteiger partial charge in [0.15, 0.2) is 0 Å². The van der Waals surface area contributed by atoms with E-state index in [-0.39, 0.29) is 6.42 Å². The van der Waals surface area contributed by atoms with Gasteiger partial charge in [-0.25, -0.2) is 14.0 Å². The summed E-state index contributed by atoms with van der Waals surface area (Å²) in [7, 11) is -1.77. The van der Waals surface area contributed by atoms with Crippen LogP contribution in [-0.2, 0) is 22.4 Å². The zero-order valence-electron chi connectivity index (χ0n) is 25.4. The molecule has 7 nitrogen and oxygen atoms in total. The molecule has 3 aromatic heterocycles. The lowest BCUT2D eigenvalue weighted by Crippen LogP contribution is -2.44. The monoisotopic (exact) mass is 637 g/mol. The number of anilines is 1. The van der Waals surface area contributed by atoms with Gasteiger partial charge in [0.25, 0.3) is 0 Å². The van der Waals surface area contributed by atoms with E-state index in [1.165, 1.54) is 29.8 Å². The van der Waals surface area contributed by atoms with E-state index in [0.29, 0.717) is 22.6 Å². The van der Waals surface area contributed by atoms with Gasteiger partial charge in [0.1, 0.15) is 36.0 Å². The third-order valence-corrected chi connectivity index (χ3v) is 9.30. The fourth-order valence-corrected chi connectivity index (χ4v) is 7.07. The molecule has 0 spiro atoms. The number of carbonyl (C=O) groups excluding carboxylic acids is 2. The van der Waals surface area contributed by atoms with Gasteiger partial charge >= 0.3 is 12.2 Å². The highest BCUT2D eigenvalue weighted by Gasteiger charge is 2.31. The zero-order valence-corrected chi connectivity index (χ0v) is 28.9. The molecule has 0 fully saturated rings. The zero-order chi connectivity index (χ0) is 30.8. The molecule has 41 heavy (non-hydrogen) atoms. The van der Waals surface area contributed by atoms with Crippen molar-refractivity contribution in [2.45, 2.75) is 104 Å². The lowest BCUT2D eigenvalue weighted by molar-refractivity contribution is 0.0477. The predicted molar refractivity (Wildman–Crippen MR) is 172 cm³/mol. The van der Waals surface area contributed by atoms with Crippen LogP contribution in [0.25, 0.3) is 10.2 Å². The Morgan fingerprint density at radius 3 is 2.34 bits per heavy atom. The van der Waals surface area contributed by atoms with Crippen molar-refractivity contribution in [2.24, 2.45) is 0 Å². The number of thiophene rings is 2. The number of nitrogens with one attached hydrogen (secondary N) is 1. The number of fused-ring (bicyclic) bond motifs is 1. The SMILES string of the molecule is C[C@H](F)[C@@H](Cc1sc2c(N(Cc3cccs3)C(=O)OC(C)(C)C)snc2c1C#C[Si](C)(C)C)NC(=O)OC(C)(C)C. The molecule has 224 valence electrons. The maximum absolute atomic E-state index is 14.8. The maximum Gasteiger partial charge on any atom is 0.415 e. The summed E-state index contributed by atoms with van der Waals surface area (Å²) in [5, 5.41) is 5.32. The topological polar surface area (TPSA) is 80.8 Å². The van der Waals surface area contributed by atoms with Crippen molar-refractivity contribution in [2.75, 3.05) is 4.90 Å². The Balaban J connectivity index is 2.10. The highest BCUT2D eigenvalue weighted by Crippen LogP contribution is 2.42. The first-order valence-corrected chi connectivity index (χ1v) is 19.4.